The Labute approximate surface area is 72.3 Å². The molecule has 0 bridgehead atoms. The molecule has 10 heavy (non-hydrogen) atoms. The minimum absolute atomic E-state index is 0.00463. The molecule has 1 rings (SSSR count). The third kappa shape index (κ3) is 1.75. The summed E-state index contributed by atoms with van der Waals surface area (Å²) in [6.45, 7) is 1.62. The fraction of sp³-hybridized carbons (Fsp3) is 0.500. The second kappa shape index (κ2) is 2.57. The molecule has 0 N–H and O–H groups in total. The lowest BCUT2D eigenvalue weighted by Gasteiger charge is -2.01. The second-order valence-corrected chi connectivity index (χ2v) is 3.91. The van der Waals surface area contributed by atoms with Gasteiger partial charge in [-0.25, -0.2) is 0 Å². The van der Waals surface area contributed by atoms with Gasteiger partial charge in [0.25, 0.3) is 9.68 Å². The van der Waals surface area contributed by atoms with E-state index >= 15 is 0 Å². The standard InChI is InChI=1S/C4H3Cl3N2O/c1-2-8-9-3(10-2)4(5,6)7/h1H3. The third-order valence-corrected chi connectivity index (χ3v) is 1.25. The normalized spacial score (nSPS) is 12.0. The van der Waals surface area contributed by atoms with E-state index < -0.39 is 3.79 Å². The minimum Gasteiger partial charge on any atom is -0.421 e. The summed E-state index contributed by atoms with van der Waals surface area (Å²) in [6.07, 6.45) is 0. The minimum atomic E-state index is -1.61. The Morgan fingerprint density at radius 2 is 1.90 bits per heavy atom. The third-order valence-electron chi connectivity index (χ3n) is 0.769. The molecule has 0 aliphatic carbocycles. The van der Waals surface area contributed by atoms with Crippen molar-refractivity contribution in [3.8, 4) is 0 Å². The molecule has 6 heteroatoms. The first-order valence-electron chi connectivity index (χ1n) is 2.37. The maximum Gasteiger partial charge on any atom is 0.268 e. The van der Waals surface area contributed by atoms with E-state index in [1.807, 2.05) is 0 Å². The number of hydrogen-bond donors (Lipinski definition) is 0. The summed E-state index contributed by atoms with van der Waals surface area (Å²) in [6, 6.07) is 0. The Hall–Kier alpha value is 0.01000. The predicted molar refractivity (Wildman–Crippen MR) is 38.3 cm³/mol. The maximum absolute atomic E-state index is 5.41. The smallest absolute Gasteiger partial charge is 0.268 e. The van der Waals surface area contributed by atoms with E-state index in [1.54, 1.807) is 6.92 Å². The number of rotatable bonds is 0. The van der Waals surface area contributed by atoms with Crippen molar-refractivity contribution in [3.63, 3.8) is 0 Å². The quantitative estimate of drug-likeness (QED) is 0.604. The molecule has 0 fully saturated rings. The molecule has 0 aromatic carbocycles. The van der Waals surface area contributed by atoms with Crippen molar-refractivity contribution >= 4 is 34.8 Å². The SMILES string of the molecule is Cc1nnc(C(Cl)(Cl)Cl)o1. The van der Waals surface area contributed by atoms with Crippen molar-refractivity contribution in [3.05, 3.63) is 11.8 Å². The molecular formula is C4H3Cl3N2O. The van der Waals surface area contributed by atoms with Gasteiger partial charge in [-0.1, -0.05) is 34.8 Å². The van der Waals surface area contributed by atoms with Crippen LogP contribution < -0.4 is 0 Å². The Bertz CT molecular complexity index is 229. The molecule has 0 spiro atoms. The Morgan fingerprint density at radius 1 is 1.30 bits per heavy atom. The van der Waals surface area contributed by atoms with Gasteiger partial charge in [0.05, 0.1) is 0 Å². The van der Waals surface area contributed by atoms with E-state index in [0.717, 1.165) is 0 Å². The van der Waals surface area contributed by atoms with Crippen molar-refractivity contribution < 1.29 is 4.42 Å². The Kier molecular flexibility index (Phi) is 2.08. The van der Waals surface area contributed by atoms with Gasteiger partial charge in [-0.15, -0.1) is 10.2 Å². The maximum atomic E-state index is 5.41. The summed E-state index contributed by atoms with van der Waals surface area (Å²) in [5.74, 6) is 0.372. The van der Waals surface area contributed by atoms with Crippen LogP contribution in [0.1, 0.15) is 11.8 Å². The van der Waals surface area contributed by atoms with Crippen LogP contribution in [0.2, 0.25) is 0 Å². The molecule has 0 atom stereocenters. The number of alkyl halides is 3. The van der Waals surface area contributed by atoms with Crippen LogP contribution in [0.5, 0.6) is 0 Å². The van der Waals surface area contributed by atoms with E-state index in [9.17, 15) is 0 Å². The number of aryl methyl sites for hydroxylation is 1. The molecular weight excluding hydrogens is 198 g/mol. The van der Waals surface area contributed by atoms with E-state index in [-0.39, 0.29) is 5.89 Å². The highest BCUT2D eigenvalue weighted by Gasteiger charge is 2.29. The molecule has 0 amide bonds. The van der Waals surface area contributed by atoms with Crippen molar-refractivity contribution in [1.29, 1.82) is 0 Å². The van der Waals surface area contributed by atoms with Crippen LogP contribution in [-0.4, -0.2) is 10.2 Å². The molecule has 0 saturated carbocycles. The van der Waals surface area contributed by atoms with Crippen LogP contribution in [0, 0.1) is 6.92 Å². The number of halogens is 3. The van der Waals surface area contributed by atoms with Crippen molar-refractivity contribution in [2.24, 2.45) is 0 Å². The summed E-state index contributed by atoms with van der Waals surface area (Å²) in [5.41, 5.74) is 0. The highest BCUT2D eigenvalue weighted by atomic mass is 35.6. The summed E-state index contributed by atoms with van der Waals surface area (Å²) in [4.78, 5) is 0. The first-order chi connectivity index (χ1) is 4.50. The van der Waals surface area contributed by atoms with Crippen LogP contribution in [0.4, 0.5) is 0 Å². The molecule has 0 unspecified atom stereocenters. The van der Waals surface area contributed by atoms with E-state index in [0.29, 0.717) is 5.89 Å². The summed E-state index contributed by atoms with van der Waals surface area (Å²) in [7, 11) is 0. The van der Waals surface area contributed by atoms with Crippen LogP contribution in [0.15, 0.2) is 4.42 Å². The monoisotopic (exact) mass is 200 g/mol. The average molecular weight is 201 g/mol. The van der Waals surface area contributed by atoms with Crippen molar-refractivity contribution in [2.45, 2.75) is 10.7 Å². The number of nitrogens with zero attached hydrogens (tertiary/aromatic N) is 2. The molecule has 0 saturated heterocycles. The molecule has 56 valence electrons. The van der Waals surface area contributed by atoms with Gasteiger partial charge in [-0.05, 0) is 0 Å². The van der Waals surface area contributed by atoms with Crippen molar-refractivity contribution in [2.75, 3.05) is 0 Å². The Balaban J connectivity index is 2.96. The zero-order valence-electron chi connectivity index (χ0n) is 4.94. The second-order valence-electron chi connectivity index (χ2n) is 1.62. The molecule has 0 radical (unpaired) electrons. The van der Waals surface area contributed by atoms with Gasteiger partial charge in [0, 0.05) is 6.92 Å². The number of hydrogen-bond acceptors (Lipinski definition) is 3. The molecule has 1 aromatic heterocycles. The molecule has 1 aromatic rings. The zero-order valence-corrected chi connectivity index (χ0v) is 7.20. The molecule has 0 aliphatic rings. The summed E-state index contributed by atoms with van der Waals surface area (Å²) >= 11 is 16.2. The highest BCUT2D eigenvalue weighted by Crippen LogP contribution is 2.36. The summed E-state index contributed by atoms with van der Waals surface area (Å²) in [5, 5.41) is 6.99. The van der Waals surface area contributed by atoms with Gasteiger partial charge in [0.2, 0.25) is 5.89 Å². The first kappa shape index (κ1) is 8.11. The van der Waals surface area contributed by atoms with E-state index in [1.165, 1.54) is 0 Å². The number of aromatic nitrogens is 2. The zero-order chi connectivity index (χ0) is 7.78. The predicted octanol–water partition coefficient (Wildman–Crippen LogP) is 2.20. The van der Waals surface area contributed by atoms with Gasteiger partial charge in [-0.2, -0.15) is 0 Å². The van der Waals surface area contributed by atoms with Crippen LogP contribution >= 0.6 is 34.8 Å². The largest absolute Gasteiger partial charge is 0.421 e. The van der Waals surface area contributed by atoms with Crippen LogP contribution in [0.25, 0.3) is 0 Å². The highest BCUT2D eigenvalue weighted by molar-refractivity contribution is 6.66. The molecule has 1 heterocycles. The van der Waals surface area contributed by atoms with Gasteiger partial charge < -0.3 is 4.42 Å². The van der Waals surface area contributed by atoms with Gasteiger partial charge in [0.1, 0.15) is 0 Å². The topological polar surface area (TPSA) is 38.9 Å². The van der Waals surface area contributed by atoms with Crippen molar-refractivity contribution in [1.82, 2.24) is 10.2 Å². The molecule has 3 nitrogen and oxygen atoms in total. The van der Waals surface area contributed by atoms with Gasteiger partial charge in [0.15, 0.2) is 0 Å². The fourth-order valence-electron chi connectivity index (χ4n) is 0.411. The lowest BCUT2D eigenvalue weighted by atomic mass is 10.7. The van der Waals surface area contributed by atoms with E-state index in [4.69, 9.17) is 39.2 Å². The first-order valence-corrected chi connectivity index (χ1v) is 3.51. The van der Waals surface area contributed by atoms with E-state index in [2.05, 4.69) is 10.2 Å². The lowest BCUT2D eigenvalue weighted by Crippen LogP contribution is -1.99. The summed E-state index contributed by atoms with van der Waals surface area (Å²) < 4.78 is 3.22. The molecule has 0 aliphatic heterocycles. The average Bonchev–Trinajstić information content (AvgIpc) is 2.11. The Morgan fingerprint density at radius 3 is 2.10 bits per heavy atom. The van der Waals surface area contributed by atoms with Crippen LogP contribution in [-0.2, 0) is 3.79 Å². The van der Waals surface area contributed by atoms with Gasteiger partial charge >= 0.3 is 0 Å². The van der Waals surface area contributed by atoms with Crippen LogP contribution in [0.3, 0.4) is 0 Å². The fourth-order valence-corrected chi connectivity index (χ4v) is 0.640. The van der Waals surface area contributed by atoms with Gasteiger partial charge in [-0.3, -0.25) is 0 Å². The lowest BCUT2D eigenvalue weighted by molar-refractivity contribution is 0.474.